The average Bonchev–Trinajstić information content (AvgIpc) is 3.49. The highest BCUT2D eigenvalue weighted by Gasteiger charge is 2.38. The lowest BCUT2D eigenvalue weighted by Crippen LogP contribution is -2.57. The number of benzene rings is 6. The van der Waals surface area contributed by atoms with Gasteiger partial charge in [0.2, 0.25) is 5.95 Å². The summed E-state index contributed by atoms with van der Waals surface area (Å²) in [7, 11) is 0. The van der Waals surface area contributed by atoms with Crippen molar-refractivity contribution < 1.29 is 0 Å². The van der Waals surface area contributed by atoms with Crippen molar-refractivity contribution >= 4 is 51.1 Å². The number of nitriles is 1. The van der Waals surface area contributed by atoms with Gasteiger partial charge in [-0.05, 0) is 41.4 Å². The molecule has 47 heavy (non-hydrogen) atoms. The van der Waals surface area contributed by atoms with Crippen molar-refractivity contribution in [3.63, 3.8) is 0 Å². The number of aromatic nitrogens is 3. The largest absolute Gasteiger partial charge is 0.361 e. The van der Waals surface area contributed by atoms with E-state index in [1.807, 2.05) is 24.3 Å². The van der Waals surface area contributed by atoms with Crippen molar-refractivity contribution in [1.29, 1.82) is 5.26 Å². The Hall–Kier alpha value is -6.45. The number of para-hydroxylation sites is 3. The number of hydrogen-bond donors (Lipinski definition) is 0. The van der Waals surface area contributed by atoms with E-state index in [1.165, 1.54) is 16.5 Å². The summed E-state index contributed by atoms with van der Waals surface area (Å²) < 4.78 is 2.16. The fourth-order valence-corrected chi connectivity index (χ4v) is 7.07. The van der Waals surface area contributed by atoms with Gasteiger partial charge in [-0.1, -0.05) is 127 Å². The molecule has 0 fully saturated rings. The minimum absolute atomic E-state index is 0.138. The second-order valence-electron chi connectivity index (χ2n) is 11.8. The van der Waals surface area contributed by atoms with Crippen LogP contribution in [0.1, 0.15) is 5.56 Å². The van der Waals surface area contributed by atoms with Gasteiger partial charge in [-0.2, -0.15) is 10.2 Å². The molecule has 2 aromatic heterocycles. The summed E-state index contributed by atoms with van der Waals surface area (Å²) in [4.78, 5) is 13.0. The zero-order chi connectivity index (χ0) is 31.3. The van der Waals surface area contributed by atoms with E-state index in [0.717, 1.165) is 50.1 Å². The van der Waals surface area contributed by atoms with Crippen LogP contribution in [-0.4, -0.2) is 21.4 Å². The highest BCUT2D eigenvalue weighted by atomic mass is 15.2. The maximum atomic E-state index is 9.78. The van der Waals surface area contributed by atoms with Crippen LogP contribution < -0.4 is 15.7 Å². The van der Waals surface area contributed by atoms with Crippen LogP contribution in [0.3, 0.4) is 0 Å². The molecule has 8 aromatic rings. The predicted octanol–water partition coefficient (Wildman–Crippen LogP) is 8.04. The maximum Gasteiger partial charge on any atom is 0.330 e. The van der Waals surface area contributed by atoms with E-state index in [0.29, 0.717) is 11.5 Å². The van der Waals surface area contributed by atoms with E-state index in [-0.39, 0.29) is 6.85 Å². The van der Waals surface area contributed by atoms with E-state index in [1.54, 1.807) is 0 Å². The van der Waals surface area contributed by atoms with Crippen LogP contribution in [0.4, 0.5) is 11.5 Å². The Morgan fingerprint density at radius 2 is 1.23 bits per heavy atom. The molecule has 0 spiro atoms. The highest BCUT2D eigenvalue weighted by Crippen LogP contribution is 2.40. The van der Waals surface area contributed by atoms with Crippen molar-refractivity contribution in [3.05, 3.63) is 163 Å². The summed E-state index contributed by atoms with van der Waals surface area (Å²) >= 11 is 0. The molecule has 0 saturated carbocycles. The zero-order valence-electron chi connectivity index (χ0n) is 25.3. The first kappa shape index (κ1) is 26.9. The van der Waals surface area contributed by atoms with Crippen molar-refractivity contribution in [1.82, 2.24) is 14.5 Å². The molecule has 0 radical (unpaired) electrons. The van der Waals surface area contributed by atoms with Gasteiger partial charge in [0.25, 0.3) is 0 Å². The Labute approximate surface area is 272 Å². The fraction of sp³-hybridized carbons (Fsp3) is 0. The van der Waals surface area contributed by atoms with E-state index >= 15 is 0 Å². The summed E-state index contributed by atoms with van der Waals surface area (Å²) in [6, 6.07) is 56.7. The molecule has 1 aliphatic rings. The summed E-state index contributed by atoms with van der Waals surface area (Å²) in [5.41, 5.74) is 10.1. The molecular formula is C41H26BN5. The smallest absolute Gasteiger partial charge is 0.330 e. The molecule has 0 unspecified atom stereocenters. The lowest BCUT2D eigenvalue weighted by molar-refractivity contribution is 0.986. The van der Waals surface area contributed by atoms with Gasteiger partial charge in [0.1, 0.15) is 5.82 Å². The van der Waals surface area contributed by atoms with Crippen LogP contribution in [0.15, 0.2) is 158 Å². The van der Waals surface area contributed by atoms with E-state index < -0.39 is 0 Å². The highest BCUT2D eigenvalue weighted by molar-refractivity contribution is 6.90. The standard InChI is InChI=1S/C41H26BN5/c43-27-28-13-12-14-29(25-28)36-26-40(45-41(44-36)46-37-22-9-5-19-33(37)34-20-6-10-23-38(34)46)47-39-24-11-7-18-32(39)31-17-4-8-21-35(31)42(47)30-15-2-1-3-16-30/h1-26H. The number of nitrogens with zero attached hydrogens (tertiary/aromatic N) is 5. The molecule has 218 valence electrons. The Balaban J connectivity index is 1.38. The van der Waals surface area contributed by atoms with Gasteiger partial charge in [-0.25, -0.2) is 4.98 Å². The van der Waals surface area contributed by atoms with Gasteiger partial charge in [-0.15, -0.1) is 0 Å². The molecule has 0 aliphatic carbocycles. The van der Waals surface area contributed by atoms with Gasteiger partial charge >= 0.3 is 6.85 Å². The molecule has 0 saturated heterocycles. The second kappa shape index (κ2) is 10.9. The summed E-state index contributed by atoms with van der Waals surface area (Å²) in [6.07, 6.45) is 0. The quantitative estimate of drug-likeness (QED) is 0.192. The second-order valence-corrected chi connectivity index (χ2v) is 11.8. The van der Waals surface area contributed by atoms with Crippen molar-refractivity contribution in [2.75, 3.05) is 4.81 Å². The Morgan fingerprint density at radius 3 is 2.00 bits per heavy atom. The Kier molecular flexibility index (Phi) is 6.22. The lowest BCUT2D eigenvalue weighted by atomic mass is 9.46. The third-order valence-electron chi connectivity index (χ3n) is 9.10. The SMILES string of the molecule is N#Cc1cccc(-c2cc(N3B(c4ccccc4)c4ccccc4-c4ccccc43)nc(-n3c4ccccc4c4ccccc43)n2)c1. The first-order chi connectivity index (χ1) is 23.3. The fourth-order valence-electron chi connectivity index (χ4n) is 7.07. The summed E-state index contributed by atoms with van der Waals surface area (Å²) in [5.74, 6) is 1.34. The van der Waals surface area contributed by atoms with Gasteiger partial charge in [0.15, 0.2) is 0 Å². The molecule has 1 aliphatic heterocycles. The van der Waals surface area contributed by atoms with Gasteiger partial charge in [0, 0.05) is 33.7 Å². The van der Waals surface area contributed by atoms with Gasteiger partial charge in [-0.3, -0.25) is 4.57 Å². The molecule has 3 heterocycles. The van der Waals surface area contributed by atoms with Crippen LogP contribution >= 0.6 is 0 Å². The normalized spacial score (nSPS) is 12.1. The van der Waals surface area contributed by atoms with Gasteiger partial charge < -0.3 is 4.81 Å². The maximum absolute atomic E-state index is 9.78. The third-order valence-corrected chi connectivity index (χ3v) is 9.10. The Bertz CT molecular complexity index is 2460. The van der Waals surface area contributed by atoms with Crippen molar-refractivity contribution in [2.45, 2.75) is 0 Å². The first-order valence-electron chi connectivity index (χ1n) is 15.7. The molecule has 0 N–H and O–H groups in total. The molecule has 6 heteroatoms. The number of fused-ring (bicyclic) bond motifs is 6. The molecule has 0 bridgehead atoms. The molecule has 0 atom stereocenters. The van der Waals surface area contributed by atoms with Crippen molar-refractivity contribution in [2.24, 2.45) is 0 Å². The first-order valence-corrected chi connectivity index (χ1v) is 15.7. The van der Waals surface area contributed by atoms with E-state index in [9.17, 15) is 5.26 Å². The lowest BCUT2D eigenvalue weighted by Gasteiger charge is -2.38. The minimum Gasteiger partial charge on any atom is -0.361 e. The Morgan fingerprint density at radius 1 is 0.574 bits per heavy atom. The number of hydrogen-bond acceptors (Lipinski definition) is 4. The third kappa shape index (κ3) is 4.33. The summed E-state index contributed by atoms with van der Waals surface area (Å²) in [6.45, 7) is -0.138. The molecule has 6 aromatic carbocycles. The molecule has 9 rings (SSSR count). The molecular weight excluding hydrogens is 573 g/mol. The summed E-state index contributed by atoms with van der Waals surface area (Å²) in [5, 5.41) is 12.1. The molecule has 5 nitrogen and oxygen atoms in total. The monoisotopic (exact) mass is 599 g/mol. The van der Waals surface area contributed by atoms with E-state index in [2.05, 4.69) is 149 Å². The molecule has 0 amide bonds. The van der Waals surface area contributed by atoms with Crippen LogP contribution in [0.2, 0.25) is 0 Å². The van der Waals surface area contributed by atoms with Crippen LogP contribution in [0.25, 0.3) is 50.1 Å². The minimum atomic E-state index is -0.138. The number of anilines is 2. The average molecular weight is 600 g/mol. The predicted molar refractivity (Wildman–Crippen MR) is 192 cm³/mol. The van der Waals surface area contributed by atoms with Crippen LogP contribution in [-0.2, 0) is 0 Å². The van der Waals surface area contributed by atoms with E-state index in [4.69, 9.17) is 9.97 Å². The van der Waals surface area contributed by atoms with Crippen LogP contribution in [0.5, 0.6) is 0 Å². The van der Waals surface area contributed by atoms with Crippen molar-refractivity contribution in [3.8, 4) is 34.4 Å². The topological polar surface area (TPSA) is 57.7 Å². The van der Waals surface area contributed by atoms with Gasteiger partial charge in [0.05, 0.1) is 28.4 Å². The number of rotatable bonds is 4. The van der Waals surface area contributed by atoms with Crippen LogP contribution in [0, 0.1) is 11.3 Å². The zero-order valence-corrected chi connectivity index (χ0v) is 25.3.